The Hall–Kier alpha value is -2.37. The summed E-state index contributed by atoms with van der Waals surface area (Å²) in [6.45, 7) is 9.53. The van der Waals surface area contributed by atoms with Gasteiger partial charge in [0.2, 0.25) is 5.91 Å². The number of carbonyl (C=O) groups excluding carboxylic acids is 3. The Morgan fingerprint density at radius 1 is 1.31 bits per heavy atom. The minimum atomic E-state index is -0.932. The van der Waals surface area contributed by atoms with Crippen LogP contribution in [0.25, 0.3) is 0 Å². The molecule has 2 rings (SSSR count). The molecule has 0 radical (unpaired) electrons. The van der Waals surface area contributed by atoms with Crippen LogP contribution in [0.1, 0.15) is 51.7 Å². The molecule has 1 saturated heterocycles. The van der Waals surface area contributed by atoms with Crippen molar-refractivity contribution in [3.8, 4) is 0 Å². The van der Waals surface area contributed by atoms with Crippen LogP contribution in [0.3, 0.4) is 0 Å². The normalized spacial score (nSPS) is 19.8. The van der Waals surface area contributed by atoms with Crippen molar-refractivity contribution in [3.63, 3.8) is 0 Å². The maximum absolute atomic E-state index is 12.7. The molecule has 0 aliphatic carbocycles. The van der Waals surface area contributed by atoms with Gasteiger partial charge in [0.15, 0.2) is 0 Å². The second kappa shape index (κ2) is 7.89. The molecule has 1 atom stereocenters. The number of amides is 4. The molecule has 1 aliphatic heterocycles. The van der Waals surface area contributed by atoms with Crippen molar-refractivity contribution in [1.29, 1.82) is 0 Å². The predicted molar refractivity (Wildman–Crippen MR) is 102 cm³/mol. The van der Waals surface area contributed by atoms with Gasteiger partial charge < -0.3 is 10.6 Å². The van der Waals surface area contributed by atoms with E-state index in [0.29, 0.717) is 12.3 Å². The van der Waals surface area contributed by atoms with Crippen LogP contribution >= 0.6 is 0 Å². The van der Waals surface area contributed by atoms with Gasteiger partial charge in [-0.05, 0) is 50.2 Å². The van der Waals surface area contributed by atoms with E-state index in [2.05, 4.69) is 24.5 Å². The Kier molecular flexibility index (Phi) is 6.05. The van der Waals surface area contributed by atoms with Crippen molar-refractivity contribution >= 4 is 23.5 Å². The molecule has 1 aromatic carbocycles. The van der Waals surface area contributed by atoms with Crippen molar-refractivity contribution in [3.05, 3.63) is 29.3 Å². The van der Waals surface area contributed by atoms with Crippen LogP contribution in [0, 0.1) is 12.8 Å². The second-order valence-corrected chi connectivity index (χ2v) is 7.60. The third-order valence-corrected chi connectivity index (χ3v) is 4.87. The highest BCUT2D eigenvalue weighted by molar-refractivity contribution is 6.10. The molecular weight excluding hydrogens is 330 g/mol. The molecule has 1 aromatic rings. The summed E-state index contributed by atoms with van der Waals surface area (Å²) in [6, 6.07) is 5.32. The molecule has 0 aromatic heterocycles. The van der Waals surface area contributed by atoms with Crippen LogP contribution < -0.4 is 10.6 Å². The van der Waals surface area contributed by atoms with E-state index in [9.17, 15) is 14.4 Å². The number of benzene rings is 1. The average molecular weight is 359 g/mol. The Bertz CT molecular complexity index is 714. The molecule has 26 heavy (non-hydrogen) atoms. The maximum atomic E-state index is 12.7. The largest absolute Gasteiger partial charge is 0.325 e. The van der Waals surface area contributed by atoms with Gasteiger partial charge in [0.25, 0.3) is 5.91 Å². The van der Waals surface area contributed by atoms with Gasteiger partial charge in [-0.1, -0.05) is 39.0 Å². The lowest BCUT2D eigenvalue weighted by atomic mass is 9.92. The van der Waals surface area contributed by atoms with Crippen LogP contribution in [0.5, 0.6) is 0 Å². The Morgan fingerprint density at radius 2 is 2.00 bits per heavy atom. The van der Waals surface area contributed by atoms with Crippen molar-refractivity contribution in [2.75, 3.05) is 11.9 Å². The van der Waals surface area contributed by atoms with Gasteiger partial charge in [0.05, 0.1) is 0 Å². The number of aryl methyl sites for hydroxylation is 2. The molecule has 6 heteroatoms. The van der Waals surface area contributed by atoms with E-state index >= 15 is 0 Å². The number of hydrogen-bond acceptors (Lipinski definition) is 3. The quantitative estimate of drug-likeness (QED) is 0.734. The maximum Gasteiger partial charge on any atom is 0.325 e. The van der Waals surface area contributed by atoms with Crippen molar-refractivity contribution in [2.24, 2.45) is 5.92 Å². The summed E-state index contributed by atoms with van der Waals surface area (Å²) < 4.78 is 0. The molecule has 0 spiro atoms. The minimum Gasteiger partial charge on any atom is -0.324 e. The molecule has 6 nitrogen and oxygen atoms in total. The zero-order chi connectivity index (χ0) is 19.5. The number of nitrogens with one attached hydrogen (secondary N) is 2. The van der Waals surface area contributed by atoms with E-state index < -0.39 is 11.6 Å². The van der Waals surface area contributed by atoms with Gasteiger partial charge >= 0.3 is 6.03 Å². The van der Waals surface area contributed by atoms with Crippen LogP contribution in [-0.4, -0.2) is 34.8 Å². The first-order valence-electron chi connectivity index (χ1n) is 9.20. The monoisotopic (exact) mass is 359 g/mol. The van der Waals surface area contributed by atoms with E-state index in [4.69, 9.17) is 0 Å². The van der Waals surface area contributed by atoms with Gasteiger partial charge in [-0.15, -0.1) is 0 Å². The van der Waals surface area contributed by atoms with Crippen LogP contribution in [0.4, 0.5) is 10.5 Å². The SMILES string of the molecule is CCc1cccc(C)c1NC(=O)CN1C(=O)N[C@](C)(CCC(C)C)C1=O. The molecule has 0 saturated carbocycles. The standard InChI is InChI=1S/C20H29N3O3/c1-6-15-9-7-8-14(4)17(15)21-16(24)12-23-18(25)20(5,22-19(23)26)11-10-13(2)3/h7-9,13H,6,10-12H2,1-5H3,(H,21,24)(H,22,26)/t20-/m1/s1. The highest BCUT2D eigenvalue weighted by Gasteiger charge is 2.47. The molecular formula is C20H29N3O3. The zero-order valence-electron chi connectivity index (χ0n) is 16.3. The first kappa shape index (κ1) is 19.9. The summed E-state index contributed by atoms with van der Waals surface area (Å²) in [4.78, 5) is 38.4. The Balaban J connectivity index is 2.08. The summed E-state index contributed by atoms with van der Waals surface area (Å²) in [5.41, 5.74) is 1.81. The van der Waals surface area contributed by atoms with Crippen LogP contribution in [-0.2, 0) is 16.0 Å². The van der Waals surface area contributed by atoms with Crippen molar-refractivity contribution in [1.82, 2.24) is 10.2 Å². The first-order chi connectivity index (χ1) is 12.2. The number of nitrogens with zero attached hydrogens (tertiary/aromatic N) is 1. The van der Waals surface area contributed by atoms with Crippen molar-refractivity contribution in [2.45, 2.75) is 59.4 Å². The number of hydrogen-bond donors (Lipinski definition) is 2. The Labute approximate surface area is 155 Å². The van der Waals surface area contributed by atoms with Gasteiger partial charge in [-0.2, -0.15) is 0 Å². The summed E-state index contributed by atoms with van der Waals surface area (Å²) >= 11 is 0. The molecule has 1 heterocycles. The smallest absolute Gasteiger partial charge is 0.324 e. The predicted octanol–water partition coefficient (Wildman–Crippen LogP) is 3.24. The third kappa shape index (κ3) is 4.23. The molecule has 2 N–H and O–H groups in total. The lowest BCUT2D eigenvalue weighted by Crippen LogP contribution is -2.44. The number of urea groups is 1. The van der Waals surface area contributed by atoms with Gasteiger partial charge in [0.1, 0.15) is 12.1 Å². The van der Waals surface area contributed by atoms with Crippen LogP contribution in [0.2, 0.25) is 0 Å². The molecule has 1 fully saturated rings. The fourth-order valence-electron chi connectivity index (χ4n) is 3.16. The van der Waals surface area contributed by atoms with E-state index in [-0.39, 0.29) is 18.4 Å². The molecule has 142 valence electrons. The van der Waals surface area contributed by atoms with Crippen LogP contribution in [0.15, 0.2) is 18.2 Å². The first-order valence-corrected chi connectivity index (χ1v) is 9.20. The van der Waals surface area contributed by atoms with E-state index in [1.54, 1.807) is 6.92 Å². The topological polar surface area (TPSA) is 78.5 Å². The van der Waals surface area contributed by atoms with Crippen molar-refractivity contribution < 1.29 is 14.4 Å². The minimum absolute atomic E-state index is 0.278. The summed E-state index contributed by atoms with van der Waals surface area (Å²) in [7, 11) is 0. The summed E-state index contributed by atoms with van der Waals surface area (Å²) in [5.74, 6) is -0.271. The molecule has 4 amide bonds. The molecule has 0 unspecified atom stereocenters. The second-order valence-electron chi connectivity index (χ2n) is 7.60. The van der Waals surface area contributed by atoms with E-state index in [1.807, 2.05) is 32.0 Å². The van der Waals surface area contributed by atoms with Gasteiger partial charge in [0, 0.05) is 5.69 Å². The van der Waals surface area contributed by atoms with E-state index in [0.717, 1.165) is 34.6 Å². The number of imide groups is 1. The highest BCUT2D eigenvalue weighted by atomic mass is 16.2. The fourth-order valence-corrected chi connectivity index (χ4v) is 3.16. The van der Waals surface area contributed by atoms with Gasteiger partial charge in [-0.25, -0.2) is 4.79 Å². The number of para-hydroxylation sites is 1. The highest BCUT2D eigenvalue weighted by Crippen LogP contribution is 2.25. The average Bonchev–Trinajstić information content (AvgIpc) is 2.78. The number of carbonyl (C=O) groups is 3. The fraction of sp³-hybridized carbons (Fsp3) is 0.550. The molecule has 1 aliphatic rings. The number of rotatable bonds is 7. The summed E-state index contributed by atoms with van der Waals surface area (Å²) in [6.07, 6.45) is 2.17. The lowest BCUT2D eigenvalue weighted by Gasteiger charge is -2.22. The van der Waals surface area contributed by atoms with Gasteiger partial charge in [-0.3, -0.25) is 14.5 Å². The summed E-state index contributed by atoms with van der Waals surface area (Å²) in [5, 5.41) is 5.61. The third-order valence-electron chi connectivity index (χ3n) is 4.87. The van der Waals surface area contributed by atoms with E-state index in [1.165, 1.54) is 0 Å². The molecule has 0 bridgehead atoms. The lowest BCUT2D eigenvalue weighted by molar-refractivity contribution is -0.133. The zero-order valence-corrected chi connectivity index (χ0v) is 16.3. The number of anilines is 1. The Morgan fingerprint density at radius 3 is 2.62 bits per heavy atom.